The van der Waals surface area contributed by atoms with Gasteiger partial charge in [0.25, 0.3) is 12.3 Å². The highest BCUT2D eigenvalue weighted by molar-refractivity contribution is 5.95. The Morgan fingerprint density at radius 1 is 1.44 bits per heavy atom. The third-order valence-electron chi connectivity index (χ3n) is 2.19. The van der Waals surface area contributed by atoms with Crippen LogP contribution in [0.4, 0.5) is 14.6 Å². The average Bonchev–Trinajstić information content (AvgIpc) is 2.32. The Morgan fingerprint density at radius 2 is 2.17 bits per heavy atom. The Kier molecular flexibility index (Phi) is 5.48. The van der Waals surface area contributed by atoms with Crippen molar-refractivity contribution >= 4 is 11.7 Å². The number of alkyl halides is 2. The van der Waals surface area contributed by atoms with Crippen LogP contribution in [0.5, 0.6) is 0 Å². The van der Waals surface area contributed by atoms with E-state index in [1.807, 2.05) is 6.92 Å². The first-order chi connectivity index (χ1) is 8.52. The standard InChI is InChI=1S/C12H17F2N3O/c1-3-4-15-11-6-9(5-8(2)17-11)12(18)16-7-10(13)14/h5-6,10H,3-4,7H2,1-2H3,(H,15,17)(H,16,18). The van der Waals surface area contributed by atoms with Crippen LogP contribution in [0.1, 0.15) is 29.4 Å². The number of carbonyl (C=O) groups is 1. The first-order valence-corrected chi connectivity index (χ1v) is 5.81. The largest absolute Gasteiger partial charge is 0.370 e. The highest BCUT2D eigenvalue weighted by Crippen LogP contribution is 2.10. The van der Waals surface area contributed by atoms with Crippen LogP contribution in [-0.2, 0) is 0 Å². The number of pyridine rings is 1. The normalized spacial score (nSPS) is 10.5. The van der Waals surface area contributed by atoms with Gasteiger partial charge in [-0.1, -0.05) is 6.92 Å². The fourth-order valence-electron chi connectivity index (χ4n) is 1.42. The number of hydrogen-bond donors (Lipinski definition) is 2. The maximum atomic E-state index is 12.0. The van der Waals surface area contributed by atoms with Crippen molar-refractivity contribution in [3.63, 3.8) is 0 Å². The number of aromatic nitrogens is 1. The van der Waals surface area contributed by atoms with Crippen LogP contribution in [0.2, 0.25) is 0 Å². The molecule has 0 aliphatic carbocycles. The number of nitrogens with one attached hydrogen (secondary N) is 2. The summed E-state index contributed by atoms with van der Waals surface area (Å²) >= 11 is 0. The Bertz CT molecular complexity index is 410. The van der Waals surface area contributed by atoms with Gasteiger partial charge in [-0.05, 0) is 25.5 Å². The fourth-order valence-corrected chi connectivity index (χ4v) is 1.42. The van der Waals surface area contributed by atoms with E-state index in [0.29, 0.717) is 17.1 Å². The van der Waals surface area contributed by atoms with Gasteiger partial charge in [-0.15, -0.1) is 0 Å². The highest BCUT2D eigenvalue weighted by atomic mass is 19.3. The molecule has 1 aromatic rings. The van der Waals surface area contributed by atoms with Gasteiger partial charge in [-0.25, -0.2) is 13.8 Å². The zero-order chi connectivity index (χ0) is 13.5. The van der Waals surface area contributed by atoms with Crippen LogP contribution in [0.25, 0.3) is 0 Å². The molecule has 2 N–H and O–H groups in total. The van der Waals surface area contributed by atoms with Crippen molar-refractivity contribution in [3.8, 4) is 0 Å². The molecule has 6 heteroatoms. The lowest BCUT2D eigenvalue weighted by molar-refractivity contribution is 0.0891. The maximum Gasteiger partial charge on any atom is 0.255 e. The molecule has 0 aliphatic heterocycles. The predicted octanol–water partition coefficient (Wildman–Crippen LogP) is 2.21. The molecule has 0 bridgehead atoms. The molecule has 0 aromatic carbocycles. The van der Waals surface area contributed by atoms with E-state index in [1.165, 1.54) is 0 Å². The number of amides is 1. The summed E-state index contributed by atoms with van der Waals surface area (Å²) in [5, 5.41) is 5.22. The molecule has 18 heavy (non-hydrogen) atoms. The van der Waals surface area contributed by atoms with Crippen LogP contribution in [0, 0.1) is 6.92 Å². The van der Waals surface area contributed by atoms with Crippen molar-refractivity contribution < 1.29 is 13.6 Å². The summed E-state index contributed by atoms with van der Waals surface area (Å²) < 4.78 is 24.0. The minimum absolute atomic E-state index is 0.335. The number of rotatable bonds is 6. The smallest absolute Gasteiger partial charge is 0.255 e. The summed E-state index contributed by atoms with van der Waals surface area (Å²) in [4.78, 5) is 15.8. The second kappa shape index (κ2) is 6.88. The molecule has 1 heterocycles. The first kappa shape index (κ1) is 14.3. The lowest BCUT2D eigenvalue weighted by Gasteiger charge is -2.09. The van der Waals surface area contributed by atoms with Crippen molar-refractivity contribution in [1.29, 1.82) is 0 Å². The summed E-state index contributed by atoms with van der Waals surface area (Å²) in [5.74, 6) is 0.0689. The molecule has 1 aromatic heterocycles. The zero-order valence-corrected chi connectivity index (χ0v) is 10.5. The van der Waals surface area contributed by atoms with Crippen molar-refractivity contribution in [2.75, 3.05) is 18.4 Å². The summed E-state index contributed by atoms with van der Waals surface area (Å²) in [5.41, 5.74) is 1.00. The van der Waals surface area contributed by atoms with Crippen molar-refractivity contribution in [2.45, 2.75) is 26.7 Å². The van der Waals surface area contributed by atoms with Gasteiger partial charge >= 0.3 is 0 Å². The van der Waals surface area contributed by atoms with Gasteiger partial charge < -0.3 is 10.6 Å². The van der Waals surface area contributed by atoms with E-state index in [2.05, 4.69) is 15.6 Å². The lowest BCUT2D eigenvalue weighted by Crippen LogP contribution is -2.28. The number of carbonyl (C=O) groups excluding carboxylic acids is 1. The van der Waals surface area contributed by atoms with Gasteiger partial charge in [-0.3, -0.25) is 4.79 Å². The van der Waals surface area contributed by atoms with E-state index in [-0.39, 0.29) is 0 Å². The van der Waals surface area contributed by atoms with Crippen LogP contribution in [0.15, 0.2) is 12.1 Å². The van der Waals surface area contributed by atoms with E-state index >= 15 is 0 Å². The van der Waals surface area contributed by atoms with Gasteiger partial charge in [0.15, 0.2) is 0 Å². The summed E-state index contributed by atoms with van der Waals surface area (Å²) in [6.45, 7) is 3.87. The third kappa shape index (κ3) is 4.65. The summed E-state index contributed by atoms with van der Waals surface area (Å²) in [7, 11) is 0. The average molecular weight is 257 g/mol. The number of hydrogen-bond acceptors (Lipinski definition) is 3. The first-order valence-electron chi connectivity index (χ1n) is 5.81. The van der Waals surface area contributed by atoms with Gasteiger partial charge in [0, 0.05) is 17.8 Å². The molecule has 4 nitrogen and oxygen atoms in total. The number of nitrogens with zero attached hydrogens (tertiary/aromatic N) is 1. The van der Waals surface area contributed by atoms with Gasteiger partial charge in [0.1, 0.15) is 5.82 Å². The molecule has 0 spiro atoms. The molecule has 0 unspecified atom stereocenters. The van der Waals surface area contributed by atoms with E-state index in [9.17, 15) is 13.6 Å². The second-order valence-corrected chi connectivity index (χ2v) is 3.91. The van der Waals surface area contributed by atoms with Gasteiger partial charge in [0.2, 0.25) is 0 Å². The maximum absolute atomic E-state index is 12.0. The number of anilines is 1. The minimum atomic E-state index is -2.55. The minimum Gasteiger partial charge on any atom is -0.370 e. The predicted molar refractivity (Wildman–Crippen MR) is 66.1 cm³/mol. The molecule has 0 saturated heterocycles. The summed E-state index contributed by atoms with van der Waals surface area (Å²) in [6, 6.07) is 3.13. The fraction of sp³-hybridized carbons (Fsp3) is 0.500. The second-order valence-electron chi connectivity index (χ2n) is 3.91. The molecule has 0 fully saturated rings. The van der Waals surface area contributed by atoms with Crippen molar-refractivity contribution in [3.05, 3.63) is 23.4 Å². The Labute approximate surface area is 105 Å². The van der Waals surface area contributed by atoms with Crippen molar-refractivity contribution in [1.82, 2.24) is 10.3 Å². The molecular weight excluding hydrogens is 240 g/mol. The Balaban J connectivity index is 2.75. The molecule has 1 rings (SSSR count). The van der Waals surface area contributed by atoms with Crippen molar-refractivity contribution in [2.24, 2.45) is 0 Å². The van der Waals surface area contributed by atoms with E-state index in [4.69, 9.17) is 0 Å². The van der Waals surface area contributed by atoms with Gasteiger partial charge in [0.05, 0.1) is 6.54 Å². The van der Waals surface area contributed by atoms with E-state index < -0.39 is 18.9 Å². The van der Waals surface area contributed by atoms with Gasteiger partial charge in [-0.2, -0.15) is 0 Å². The monoisotopic (exact) mass is 257 g/mol. The molecule has 100 valence electrons. The molecule has 0 aliphatic rings. The topological polar surface area (TPSA) is 54.0 Å². The van der Waals surface area contributed by atoms with E-state index in [1.54, 1.807) is 19.1 Å². The molecular formula is C12H17F2N3O. The molecule has 0 radical (unpaired) electrons. The Morgan fingerprint density at radius 3 is 2.78 bits per heavy atom. The quantitative estimate of drug-likeness (QED) is 0.821. The van der Waals surface area contributed by atoms with Crippen LogP contribution in [-0.4, -0.2) is 30.4 Å². The van der Waals surface area contributed by atoms with Crippen LogP contribution >= 0.6 is 0 Å². The van der Waals surface area contributed by atoms with Crippen LogP contribution < -0.4 is 10.6 Å². The highest BCUT2D eigenvalue weighted by Gasteiger charge is 2.10. The number of halogens is 2. The lowest BCUT2D eigenvalue weighted by atomic mass is 10.2. The summed E-state index contributed by atoms with van der Waals surface area (Å²) in [6.07, 6.45) is -1.61. The Hall–Kier alpha value is -1.72. The van der Waals surface area contributed by atoms with Crippen LogP contribution in [0.3, 0.4) is 0 Å². The van der Waals surface area contributed by atoms with E-state index in [0.717, 1.165) is 13.0 Å². The number of aryl methyl sites for hydroxylation is 1. The SMILES string of the molecule is CCCNc1cc(C(=O)NCC(F)F)cc(C)n1. The molecule has 0 atom stereocenters. The third-order valence-corrected chi connectivity index (χ3v) is 2.19. The zero-order valence-electron chi connectivity index (χ0n) is 10.5. The molecule has 1 amide bonds. The molecule has 0 saturated carbocycles.